The first kappa shape index (κ1) is 18.4. The second kappa shape index (κ2) is 8.13. The van der Waals surface area contributed by atoms with Gasteiger partial charge in [0.25, 0.3) is 0 Å². The van der Waals surface area contributed by atoms with Crippen LogP contribution in [-0.4, -0.2) is 24.3 Å². The number of carbonyl (C=O) groups is 1. The molecule has 1 rings (SSSR count). The first-order valence-electron chi connectivity index (χ1n) is 7.69. The maximum atomic E-state index is 13.0. The molecule has 2 N–H and O–H groups in total. The fourth-order valence-corrected chi connectivity index (χ4v) is 2.10. The van der Waals surface area contributed by atoms with Crippen LogP contribution in [-0.2, 0) is 4.74 Å². The topological polar surface area (TPSA) is 50.4 Å². The van der Waals surface area contributed by atoms with Crippen molar-refractivity contribution in [2.45, 2.75) is 58.7 Å². The number of nitrogens with one attached hydrogen (secondary N) is 2. The Morgan fingerprint density at radius 2 is 1.86 bits per heavy atom. The first-order chi connectivity index (χ1) is 10.2. The molecule has 0 bridgehead atoms. The Labute approximate surface area is 132 Å². The van der Waals surface area contributed by atoms with E-state index in [-0.39, 0.29) is 17.9 Å². The van der Waals surface area contributed by atoms with E-state index in [1.807, 2.05) is 27.7 Å². The van der Waals surface area contributed by atoms with Gasteiger partial charge in [-0.2, -0.15) is 0 Å². The molecule has 0 aromatic heterocycles. The second-order valence-electron chi connectivity index (χ2n) is 6.46. The van der Waals surface area contributed by atoms with E-state index in [4.69, 9.17) is 4.74 Å². The van der Waals surface area contributed by atoms with Crippen LogP contribution in [0.25, 0.3) is 0 Å². The van der Waals surface area contributed by atoms with E-state index in [2.05, 4.69) is 17.6 Å². The largest absolute Gasteiger partial charge is 0.444 e. The third-order valence-corrected chi connectivity index (χ3v) is 3.12. The molecule has 4 nitrogen and oxygen atoms in total. The number of hydrogen-bond donors (Lipinski definition) is 2. The van der Waals surface area contributed by atoms with Crippen LogP contribution in [0.4, 0.5) is 9.18 Å². The number of halogens is 1. The van der Waals surface area contributed by atoms with E-state index in [0.29, 0.717) is 6.54 Å². The highest BCUT2D eigenvalue weighted by Crippen LogP contribution is 2.17. The lowest BCUT2D eigenvalue weighted by Crippen LogP contribution is -2.42. The van der Waals surface area contributed by atoms with Gasteiger partial charge in [-0.3, -0.25) is 0 Å². The summed E-state index contributed by atoms with van der Waals surface area (Å²) >= 11 is 0. The SMILES string of the molecule is CCC(NC(C)CNC(=O)OC(C)(C)C)c1ccc(F)cc1. The zero-order valence-electron chi connectivity index (χ0n) is 14.1. The quantitative estimate of drug-likeness (QED) is 0.840. The third-order valence-electron chi connectivity index (χ3n) is 3.12. The summed E-state index contributed by atoms with van der Waals surface area (Å²) in [5.41, 5.74) is 0.536. The summed E-state index contributed by atoms with van der Waals surface area (Å²) in [6.45, 7) is 10.0. The van der Waals surface area contributed by atoms with E-state index in [9.17, 15) is 9.18 Å². The lowest BCUT2D eigenvalue weighted by atomic mass is 10.0. The molecule has 0 saturated carbocycles. The third kappa shape index (κ3) is 6.89. The van der Waals surface area contributed by atoms with Gasteiger partial charge in [0.05, 0.1) is 0 Å². The fraction of sp³-hybridized carbons (Fsp3) is 0.588. The van der Waals surface area contributed by atoms with E-state index < -0.39 is 11.7 Å². The summed E-state index contributed by atoms with van der Waals surface area (Å²) in [6.07, 6.45) is 0.457. The zero-order chi connectivity index (χ0) is 16.8. The van der Waals surface area contributed by atoms with E-state index in [1.165, 1.54) is 12.1 Å². The number of ether oxygens (including phenoxy) is 1. The Bertz CT molecular complexity index is 469. The van der Waals surface area contributed by atoms with Crippen LogP contribution in [0.15, 0.2) is 24.3 Å². The molecule has 1 aromatic rings. The van der Waals surface area contributed by atoms with Crippen LogP contribution in [0.3, 0.4) is 0 Å². The van der Waals surface area contributed by atoms with Crippen molar-refractivity contribution < 1.29 is 13.9 Å². The Hall–Kier alpha value is -1.62. The number of rotatable bonds is 6. The Morgan fingerprint density at radius 1 is 1.27 bits per heavy atom. The molecule has 124 valence electrons. The van der Waals surface area contributed by atoms with Crippen molar-refractivity contribution in [1.82, 2.24) is 10.6 Å². The summed E-state index contributed by atoms with van der Waals surface area (Å²) in [5.74, 6) is -0.238. The minimum absolute atomic E-state index is 0.0718. The van der Waals surface area contributed by atoms with Gasteiger partial charge in [-0.05, 0) is 51.8 Å². The normalized spacial score (nSPS) is 14.3. The molecule has 22 heavy (non-hydrogen) atoms. The Kier molecular flexibility index (Phi) is 6.81. The fourth-order valence-electron chi connectivity index (χ4n) is 2.10. The second-order valence-corrected chi connectivity index (χ2v) is 6.46. The van der Waals surface area contributed by atoms with Crippen LogP contribution in [0.5, 0.6) is 0 Å². The minimum Gasteiger partial charge on any atom is -0.444 e. The summed E-state index contributed by atoms with van der Waals surface area (Å²) in [5, 5.41) is 6.17. The average molecular weight is 310 g/mol. The molecule has 0 fully saturated rings. The molecule has 1 aromatic carbocycles. The average Bonchev–Trinajstić information content (AvgIpc) is 2.42. The van der Waals surface area contributed by atoms with Gasteiger partial charge in [0, 0.05) is 18.6 Å². The molecule has 0 aliphatic carbocycles. The Morgan fingerprint density at radius 3 is 2.36 bits per heavy atom. The zero-order valence-corrected chi connectivity index (χ0v) is 14.1. The number of carbonyl (C=O) groups excluding carboxylic acids is 1. The molecular weight excluding hydrogens is 283 g/mol. The molecule has 2 unspecified atom stereocenters. The highest BCUT2D eigenvalue weighted by Gasteiger charge is 2.17. The monoisotopic (exact) mass is 310 g/mol. The van der Waals surface area contributed by atoms with E-state index >= 15 is 0 Å². The van der Waals surface area contributed by atoms with Crippen molar-refractivity contribution in [2.24, 2.45) is 0 Å². The molecule has 0 saturated heterocycles. The predicted molar refractivity (Wildman–Crippen MR) is 86.3 cm³/mol. The Balaban J connectivity index is 2.47. The summed E-state index contributed by atoms with van der Waals surface area (Å²) < 4.78 is 18.2. The highest BCUT2D eigenvalue weighted by molar-refractivity contribution is 5.67. The smallest absolute Gasteiger partial charge is 0.407 e. The predicted octanol–water partition coefficient (Wildman–Crippen LogP) is 3.78. The van der Waals surface area contributed by atoms with Crippen molar-refractivity contribution in [2.75, 3.05) is 6.54 Å². The maximum Gasteiger partial charge on any atom is 0.407 e. The first-order valence-corrected chi connectivity index (χ1v) is 7.69. The number of hydrogen-bond acceptors (Lipinski definition) is 3. The molecule has 0 heterocycles. The minimum atomic E-state index is -0.499. The lowest BCUT2D eigenvalue weighted by molar-refractivity contribution is 0.0522. The molecule has 2 atom stereocenters. The van der Waals surface area contributed by atoms with Crippen molar-refractivity contribution in [1.29, 1.82) is 0 Å². The van der Waals surface area contributed by atoms with Gasteiger partial charge in [0.2, 0.25) is 0 Å². The molecule has 1 amide bonds. The van der Waals surface area contributed by atoms with Crippen LogP contribution >= 0.6 is 0 Å². The van der Waals surface area contributed by atoms with Crippen LogP contribution in [0, 0.1) is 5.82 Å². The molecule has 0 aliphatic heterocycles. The van der Waals surface area contributed by atoms with Crippen LogP contribution < -0.4 is 10.6 Å². The van der Waals surface area contributed by atoms with Crippen molar-refractivity contribution in [3.63, 3.8) is 0 Å². The summed E-state index contributed by atoms with van der Waals surface area (Å²) in [6, 6.07) is 6.68. The highest BCUT2D eigenvalue weighted by atomic mass is 19.1. The van der Waals surface area contributed by atoms with Gasteiger partial charge in [0.15, 0.2) is 0 Å². The van der Waals surface area contributed by atoms with Gasteiger partial charge < -0.3 is 15.4 Å². The van der Waals surface area contributed by atoms with Gasteiger partial charge in [0.1, 0.15) is 11.4 Å². The lowest BCUT2D eigenvalue weighted by Gasteiger charge is -2.24. The van der Waals surface area contributed by atoms with Crippen molar-refractivity contribution in [3.05, 3.63) is 35.6 Å². The molecule has 0 radical (unpaired) electrons. The van der Waals surface area contributed by atoms with Gasteiger partial charge in [-0.15, -0.1) is 0 Å². The van der Waals surface area contributed by atoms with Gasteiger partial charge in [-0.25, -0.2) is 9.18 Å². The van der Waals surface area contributed by atoms with Crippen molar-refractivity contribution >= 4 is 6.09 Å². The number of amides is 1. The van der Waals surface area contributed by atoms with Crippen LogP contribution in [0.2, 0.25) is 0 Å². The van der Waals surface area contributed by atoms with E-state index in [0.717, 1.165) is 12.0 Å². The maximum absolute atomic E-state index is 13.0. The van der Waals surface area contributed by atoms with Gasteiger partial charge in [-0.1, -0.05) is 19.1 Å². The van der Waals surface area contributed by atoms with Gasteiger partial charge >= 0.3 is 6.09 Å². The molecule has 0 aliphatic rings. The van der Waals surface area contributed by atoms with Crippen molar-refractivity contribution in [3.8, 4) is 0 Å². The molecule has 5 heteroatoms. The van der Waals surface area contributed by atoms with Crippen LogP contribution in [0.1, 0.15) is 52.6 Å². The molecule has 0 spiro atoms. The number of alkyl carbamates (subject to hydrolysis) is 1. The summed E-state index contributed by atoms with van der Waals surface area (Å²) in [4.78, 5) is 11.6. The summed E-state index contributed by atoms with van der Waals surface area (Å²) in [7, 11) is 0. The van der Waals surface area contributed by atoms with E-state index in [1.54, 1.807) is 12.1 Å². The standard InChI is InChI=1S/C17H27FN2O2/c1-6-15(13-7-9-14(18)10-8-13)20-12(2)11-19-16(21)22-17(3,4)5/h7-10,12,15,20H,6,11H2,1-5H3,(H,19,21). The number of benzene rings is 1. The molecular formula is C17H27FN2O2.